The Morgan fingerprint density at radius 1 is 1.27 bits per heavy atom. The predicted octanol–water partition coefficient (Wildman–Crippen LogP) is 2.64. The average Bonchev–Trinajstić information content (AvgIpc) is 3.37. The Hall–Kier alpha value is -2.78. The van der Waals surface area contributed by atoms with E-state index in [1.54, 1.807) is 32.2 Å². The van der Waals surface area contributed by atoms with Crippen LogP contribution in [0.1, 0.15) is 17.4 Å². The lowest BCUT2D eigenvalue weighted by Gasteiger charge is -2.23. The van der Waals surface area contributed by atoms with E-state index in [2.05, 4.69) is 5.32 Å². The highest BCUT2D eigenvalue weighted by Gasteiger charge is 2.48. The Balaban J connectivity index is 1.42. The van der Waals surface area contributed by atoms with Gasteiger partial charge in [-0.1, -0.05) is 17.7 Å². The van der Waals surface area contributed by atoms with Crippen LogP contribution in [0.3, 0.4) is 0 Å². The fraction of sp³-hybridized carbons (Fsp3) is 0.350. The summed E-state index contributed by atoms with van der Waals surface area (Å²) < 4.78 is 11.3. The van der Waals surface area contributed by atoms with Crippen LogP contribution in [0.5, 0.6) is 11.5 Å². The first-order valence-corrected chi connectivity index (χ1v) is 10.5. The van der Waals surface area contributed by atoms with Gasteiger partial charge < -0.3 is 19.7 Å². The third-order valence-corrected chi connectivity index (χ3v) is 6.30. The van der Waals surface area contributed by atoms with Crippen LogP contribution < -0.4 is 14.8 Å². The quantitative estimate of drug-likeness (QED) is 0.685. The maximum Gasteiger partial charge on any atom is 0.325 e. The second-order valence-electron chi connectivity index (χ2n) is 7.47. The summed E-state index contributed by atoms with van der Waals surface area (Å²) >= 11 is 7.30. The minimum Gasteiger partial charge on any atom is -0.454 e. The number of nitrogens with one attached hydrogen (secondary N) is 1. The molecule has 1 atom stereocenters. The molecule has 0 unspecified atom stereocenters. The molecule has 10 heteroatoms. The predicted molar refractivity (Wildman–Crippen MR) is 111 cm³/mol. The van der Waals surface area contributed by atoms with Gasteiger partial charge in [-0.25, -0.2) is 4.79 Å². The van der Waals surface area contributed by atoms with Crippen molar-refractivity contribution in [1.29, 1.82) is 0 Å². The number of urea groups is 1. The molecule has 1 saturated heterocycles. The van der Waals surface area contributed by atoms with Crippen molar-refractivity contribution in [2.45, 2.75) is 25.4 Å². The van der Waals surface area contributed by atoms with Crippen LogP contribution in [0.15, 0.2) is 30.3 Å². The van der Waals surface area contributed by atoms with E-state index in [9.17, 15) is 14.4 Å². The molecule has 0 saturated carbocycles. The monoisotopic (exact) mass is 449 g/mol. The van der Waals surface area contributed by atoms with Gasteiger partial charge in [0.05, 0.1) is 10.9 Å². The smallest absolute Gasteiger partial charge is 0.325 e. The van der Waals surface area contributed by atoms with Crippen molar-refractivity contribution < 1.29 is 23.9 Å². The van der Waals surface area contributed by atoms with E-state index < -0.39 is 17.5 Å². The second kappa shape index (κ2) is 7.81. The zero-order valence-electron chi connectivity index (χ0n) is 16.4. The third-order valence-electron chi connectivity index (χ3n) is 5.08. The van der Waals surface area contributed by atoms with Crippen molar-refractivity contribution in [1.82, 2.24) is 15.1 Å². The van der Waals surface area contributed by atoms with Gasteiger partial charge in [-0.3, -0.25) is 14.5 Å². The Morgan fingerprint density at radius 2 is 2.03 bits per heavy atom. The zero-order valence-corrected chi connectivity index (χ0v) is 18.0. The van der Waals surface area contributed by atoms with Crippen LogP contribution in [0.2, 0.25) is 4.34 Å². The molecule has 2 aliphatic rings. The summed E-state index contributed by atoms with van der Waals surface area (Å²) in [7, 11) is 1.63. The Kier molecular flexibility index (Phi) is 5.33. The number of imide groups is 1. The number of rotatable bonds is 6. The topological polar surface area (TPSA) is 88.2 Å². The fourth-order valence-corrected chi connectivity index (χ4v) is 4.63. The lowest BCUT2D eigenvalue weighted by atomic mass is 9.92. The molecule has 2 aromatic rings. The number of carbonyl (C=O) groups is 3. The van der Waals surface area contributed by atoms with E-state index >= 15 is 0 Å². The number of nitrogens with zero attached hydrogens (tertiary/aromatic N) is 2. The molecule has 1 aromatic heterocycles. The van der Waals surface area contributed by atoms with Gasteiger partial charge >= 0.3 is 6.03 Å². The highest BCUT2D eigenvalue weighted by atomic mass is 35.5. The van der Waals surface area contributed by atoms with Gasteiger partial charge in [0.2, 0.25) is 12.7 Å². The van der Waals surface area contributed by atoms with E-state index in [1.165, 1.54) is 16.2 Å². The van der Waals surface area contributed by atoms with E-state index in [4.69, 9.17) is 21.1 Å². The molecule has 3 heterocycles. The molecule has 4 rings (SSSR count). The van der Waals surface area contributed by atoms with Gasteiger partial charge in [0.1, 0.15) is 12.1 Å². The first-order chi connectivity index (χ1) is 14.2. The average molecular weight is 450 g/mol. The maximum absolute atomic E-state index is 13.0. The maximum atomic E-state index is 13.0. The Morgan fingerprint density at radius 3 is 2.77 bits per heavy atom. The van der Waals surface area contributed by atoms with Gasteiger partial charge in [0, 0.05) is 18.3 Å². The van der Waals surface area contributed by atoms with Crippen molar-refractivity contribution in [2.75, 3.05) is 20.4 Å². The molecule has 8 nitrogen and oxygen atoms in total. The number of benzene rings is 1. The number of hydrogen-bond donors (Lipinski definition) is 1. The van der Waals surface area contributed by atoms with E-state index in [-0.39, 0.29) is 25.7 Å². The van der Waals surface area contributed by atoms with Crippen LogP contribution in [-0.2, 0) is 22.6 Å². The molecule has 0 bridgehead atoms. The summed E-state index contributed by atoms with van der Waals surface area (Å²) in [5.41, 5.74) is -0.333. The normalized spacial score (nSPS) is 19.9. The van der Waals surface area contributed by atoms with Gasteiger partial charge in [-0.2, -0.15) is 0 Å². The Labute approximate surface area is 182 Å². The van der Waals surface area contributed by atoms with Crippen molar-refractivity contribution in [3.8, 4) is 11.5 Å². The molecule has 0 aliphatic carbocycles. The van der Waals surface area contributed by atoms with E-state index in [0.717, 1.165) is 15.3 Å². The summed E-state index contributed by atoms with van der Waals surface area (Å²) in [5.74, 6) is 0.477. The fourth-order valence-electron chi connectivity index (χ4n) is 3.48. The lowest BCUT2D eigenvalue weighted by molar-refractivity contribution is -0.138. The number of ether oxygens (including phenoxy) is 2. The lowest BCUT2D eigenvalue weighted by Crippen LogP contribution is -2.47. The van der Waals surface area contributed by atoms with Gasteiger partial charge in [-0.05, 0) is 36.8 Å². The first kappa shape index (κ1) is 20.5. The number of hydrogen-bond acceptors (Lipinski definition) is 6. The molecule has 0 radical (unpaired) electrons. The number of likely N-dealkylation sites (N-methyl/N-ethyl adjacent to an activating group) is 1. The number of fused-ring (bicyclic) bond motifs is 1. The highest BCUT2D eigenvalue weighted by molar-refractivity contribution is 7.16. The molecule has 0 spiro atoms. The summed E-state index contributed by atoms with van der Waals surface area (Å²) in [6, 6.07) is 8.41. The van der Waals surface area contributed by atoms with E-state index in [1.807, 2.05) is 12.1 Å². The van der Waals surface area contributed by atoms with Crippen LogP contribution >= 0.6 is 22.9 Å². The number of thiophene rings is 1. The van der Waals surface area contributed by atoms with E-state index in [0.29, 0.717) is 22.4 Å². The number of halogens is 1. The van der Waals surface area contributed by atoms with Crippen LogP contribution in [0.25, 0.3) is 0 Å². The molecular weight excluding hydrogens is 430 g/mol. The SMILES string of the molecule is CN(Cc1ccc(Cl)s1)C(=O)CN1C(=O)N[C@](C)(Cc2ccc3c(c2)OCO3)C1=O. The molecule has 1 aromatic carbocycles. The summed E-state index contributed by atoms with van der Waals surface area (Å²) in [6.45, 7) is 1.85. The standard InChI is InChI=1S/C20H20ClN3O5S/c1-20(8-12-3-5-14-15(7-12)29-11-28-14)18(26)24(19(27)22-20)10-17(25)23(2)9-13-4-6-16(21)30-13/h3-7H,8-11H2,1-2H3,(H,22,27)/t20-/m1/s1. The zero-order chi connectivity index (χ0) is 21.5. The molecule has 30 heavy (non-hydrogen) atoms. The molecule has 2 aliphatic heterocycles. The Bertz CT molecular complexity index is 1030. The molecule has 158 valence electrons. The first-order valence-electron chi connectivity index (χ1n) is 9.26. The minimum absolute atomic E-state index is 0.160. The second-order valence-corrected chi connectivity index (χ2v) is 9.27. The minimum atomic E-state index is -1.15. The summed E-state index contributed by atoms with van der Waals surface area (Å²) in [5, 5.41) is 2.72. The third kappa shape index (κ3) is 3.95. The van der Waals surface area contributed by atoms with Crippen molar-refractivity contribution >= 4 is 40.8 Å². The summed E-state index contributed by atoms with van der Waals surface area (Å²) in [4.78, 5) is 41.4. The van der Waals surface area contributed by atoms with Crippen molar-refractivity contribution in [3.63, 3.8) is 0 Å². The van der Waals surface area contributed by atoms with Gasteiger partial charge in [0.15, 0.2) is 11.5 Å². The summed E-state index contributed by atoms with van der Waals surface area (Å²) in [6.07, 6.45) is 0.266. The molecule has 4 amide bonds. The number of carbonyl (C=O) groups excluding carboxylic acids is 3. The molecule has 1 N–H and O–H groups in total. The largest absolute Gasteiger partial charge is 0.454 e. The molecular formula is C20H20ClN3O5S. The van der Waals surface area contributed by atoms with Crippen LogP contribution in [0.4, 0.5) is 4.79 Å². The highest BCUT2D eigenvalue weighted by Crippen LogP contribution is 2.34. The van der Waals surface area contributed by atoms with Crippen molar-refractivity contribution in [3.05, 3.63) is 45.1 Å². The van der Waals surface area contributed by atoms with Gasteiger partial charge in [0.25, 0.3) is 5.91 Å². The molecule has 1 fully saturated rings. The van der Waals surface area contributed by atoms with Crippen LogP contribution in [-0.4, -0.2) is 53.6 Å². The van der Waals surface area contributed by atoms with Gasteiger partial charge in [-0.15, -0.1) is 11.3 Å². The van der Waals surface area contributed by atoms with Crippen LogP contribution in [0, 0.1) is 0 Å². The van der Waals surface area contributed by atoms with Crippen molar-refractivity contribution in [2.24, 2.45) is 0 Å². The number of amides is 4.